The summed E-state index contributed by atoms with van der Waals surface area (Å²) >= 11 is 0. The van der Waals surface area contributed by atoms with Crippen LogP contribution in [0.1, 0.15) is 13.3 Å². The lowest BCUT2D eigenvalue weighted by atomic mass is 10.1. The molecule has 1 aliphatic rings. The summed E-state index contributed by atoms with van der Waals surface area (Å²) in [5.74, 6) is -0.869. The summed E-state index contributed by atoms with van der Waals surface area (Å²) in [4.78, 5) is 10.4. The summed E-state index contributed by atoms with van der Waals surface area (Å²) in [5.41, 5.74) is -0.0828. The molecule has 3 heteroatoms. The van der Waals surface area contributed by atoms with Gasteiger partial charge in [-0.05, 0) is 6.42 Å². The van der Waals surface area contributed by atoms with Crippen LogP contribution in [0, 0.1) is 11.3 Å². The molecule has 1 saturated carbocycles. The number of aliphatic carboxylic acids is 1. The van der Waals surface area contributed by atoms with E-state index in [-0.39, 0.29) is 11.3 Å². The van der Waals surface area contributed by atoms with Gasteiger partial charge in [0.05, 0.1) is 12.5 Å². The second-order valence-electron chi connectivity index (χ2n) is 3.18. The predicted molar refractivity (Wildman–Crippen MR) is 35.7 cm³/mol. The van der Waals surface area contributed by atoms with Gasteiger partial charge in [0.25, 0.3) is 0 Å². The van der Waals surface area contributed by atoms with Gasteiger partial charge in [-0.25, -0.2) is 0 Å². The summed E-state index contributed by atoms with van der Waals surface area (Å²) in [6.07, 6.45) is 0.760. The van der Waals surface area contributed by atoms with E-state index < -0.39 is 5.97 Å². The lowest BCUT2D eigenvalue weighted by Crippen LogP contribution is -2.12. The van der Waals surface area contributed by atoms with Gasteiger partial charge < -0.3 is 9.84 Å². The van der Waals surface area contributed by atoms with Crippen LogP contribution < -0.4 is 0 Å². The molecular formula is C7H12O3. The highest BCUT2D eigenvalue weighted by Gasteiger charge is 2.54. The van der Waals surface area contributed by atoms with E-state index in [0.29, 0.717) is 6.61 Å². The van der Waals surface area contributed by atoms with Gasteiger partial charge in [-0.2, -0.15) is 0 Å². The molecule has 0 aromatic heterocycles. The van der Waals surface area contributed by atoms with Gasteiger partial charge in [-0.3, -0.25) is 4.79 Å². The Morgan fingerprint density at radius 1 is 1.90 bits per heavy atom. The zero-order valence-electron chi connectivity index (χ0n) is 6.26. The fourth-order valence-corrected chi connectivity index (χ4v) is 1.28. The van der Waals surface area contributed by atoms with E-state index in [1.807, 2.05) is 6.92 Å². The van der Waals surface area contributed by atoms with Crippen LogP contribution in [0.25, 0.3) is 0 Å². The van der Waals surface area contributed by atoms with E-state index in [1.54, 1.807) is 7.11 Å². The molecule has 0 spiro atoms. The highest BCUT2D eigenvalue weighted by molar-refractivity contribution is 5.74. The first-order valence-corrected chi connectivity index (χ1v) is 3.32. The van der Waals surface area contributed by atoms with Crippen molar-refractivity contribution in [2.24, 2.45) is 11.3 Å². The first-order chi connectivity index (χ1) is 4.60. The molecule has 2 atom stereocenters. The predicted octanol–water partition coefficient (Wildman–Crippen LogP) is 0.744. The molecule has 0 aromatic rings. The third kappa shape index (κ3) is 1.14. The maximum Gasteiger partial charge on any atom is 0.307 e. The number of methoxy groups -OCH3 is 1. The first-order valence-electron chi connectivity index (χ1n) is 3.32. The molecule has 1 N–H and O–H groups in total. The van der Waals surface area contributed by atoms with Crippen LogP contribution in [0.2, 0.25) is 0 Å². The van der Waals surface area contributed by atoms with Crippen molar-refractivity contribution in [2.75, 3.05) is 13.7 Å². The SMILES string of the molecule is COC[C@]1(C)C[C@@H]1C(=O)O. The molecule has 10 heavy (non-hydrogen) atoms. The first kappa shape index (κ1) is 7.54. The lowest BCUT2D eigenvalue weighted by molar-refractivity contribution is -0.139. The van der Waals surface area contributed by atoms with Crippen LogP contribution >= 0.6 is 0 Å². The van der Waals surface area contributed by atoms with Crippen molar-refractivity contribution >= 4 is 5.97 Å². The Morgan fingerprint density at radius 2 is 2.50 bits per heavy atom. The van der Waals surface area contributed by atoms with Gasteiger partial charge in [0.15, 0.2) is 0 Å². The van der Waals surface area contributed by atoms with Crippen LogP contribution in [0.15, 0.2) is 0 Å². The van der Waals surface area contributed by atoms with Gasteiger partial charge in [-0.15, -0.1) is 0 Å². The van der Waals surface area contributed by atoms with Crippen LogP contribution in [0.5, 0.6) is 0 Å². The van der Waals surface area contributed by atoms with Crippen molar-refractivity contribution in [1.29, 1.82) is 0 Å². The van der Waals surface area contributed by atoms with Gasteiger partial charge >= 0.3 is 5.97 Å². The van der Waals surface area contributed by atoms with E-state index in [4.69, 9.17) is 9.84 Å². The van der Waals surface area contributed by atoms with Crippen molar-refractivity contribution in [3.8, 4) is 0 Å². The Hall–Kier alpha value is -0.570. The quantitative estimate of drug-likeness (QED) is 0.635. The Bertz CT molecular complexity index is 155. The number of carboxylic acid groups (broad SMARTS) is 1. The highest BCUT2D eigenvalue weighted by atomic mass is 16.5. The van der Waals surface area contributed by atoms with E-state index in [0.717, 1.165) is 6.42 Å². The number of rotatable bonds is 3. The summed E-state index contributed by atoms with van der Waals surface area (Å²) < 4.78 is 4.89. The average Bonchev–Trinajstić information content (AvgIpc) is 2.43. The minimum atomic E-state index is -0.695. The molecule has 0 aromatic carbocycles. The third-order valence-electron chi connectivity index (χ3n) is 2.12. The summed E-state index contributed by atoms with van der Waals surface area (Å²) in [6.45, 7) is 2.50. The fourth-order valence-electron chi connectivity index (χ4n) is 1.28. The molecule has 1 rings (SSSR count). The van der Waals surface area contributed by atoms with E-state index in [1.165, 1.54) is 0 Å². The van der Waals surface area contributed by atoms with E-state index in [9.17, 15) is 4.79 Å². The Kier molecular flexibility index (Phi) is 1.68. The van der Waals surface area contributed by atoms with Gasteiger partial charge in [-0.1, -0.05) is 6.92 Å². The third-order valence-corrected chi connectivity index (χ3v) is 2.12. The number of carboxylic acids is 1. The monoisotopic (exact) mass is 144 g/mol. The van der Waals surface area contributed by atoms with Crippen molar-refractivity contribution in [1.82, 2.24) is 0 Å². The normalized spacial score (nSPS) is 37.6. The number of hydrogen-bond donors (Lipinski definition) is 1. The standard InChI is InChI=1S/C7H12O3/c1-7(4-10-2)3-5(7)6(8)9/h5H,3-4H2,1-2H3,(H,8,9)/t5-,7+/m1/s1. The summed E-state index contributed by atoms with van der Waals surface area (Å²) in [7, 11) is 1.60. The minimum absolute atomic E-state index is 0.0828. The molecule has 0 radical (unpaired) electrons. The van der Waals surface area contributed by atoms with Crippen LogP contribution in [0.3, 0.4) is 0 Å². The van der Waals surface area contributed by atoms with E-state index >= 15 is 0 Å². The molecule has 3 nitrogen and oxygen atoms in total. The summed E-state index contributed by atoms with van der Waals surface area (Å²) in [6, 6.07) is 0. The molecular weight excluding hydrogens is 132 g/mol. The zero-order valence-corrected chi connectivity index (χ0v) is 6.26. The Balaban J connectivity index is 2.40. The molecule has 0 amide bonds. The maximum absolute atomic E-state index is 10.4. The second-order valence-corrected chi connectivity index (χ2v) is 3.18. The Morgan fingerprint density at radius 3 is 2.80 bits per heavy atom. The maximum atomic E-state index is 10.4. The van der Waals surface area contributed by atoms with Gasteiger partial charge in [0.1, 0.15) is 0 Å². The van der Waals surface area contributed by atoms with Gasteiger partial charge in [0.2, 0.25) is 0 Å². The fraction of sp³-hybridized carbons (Fsp3) is 0.857. The van der Waals surface area contributed by atoms with E-state index in [2.05, 4.69) is 0 Å². The highest BCUT2D eigenvalue weighted by Crippen LogP contribution is 2.52. The minimum Gasteiger partial charge on any atom is -0.481 e. The molecule has 0 heterocycles. The lowest BCUT2D eigenvalue weighted by Gasteiger charge is -2.05. The molecule has 1 aliphatic carbocycles. The topological polar surface area (TPSA) is 46.5 Å². The largest absolute Gasteiger partial charge is 0.481 e. The van der Waals surface area contributed by atoms with Crippen LogP contribution in [-0.2, 0) is 9.53 Å². The smallest absolute Gasteiger partial charge is 0.307 e. The second kappa shape index (κ2) is 2.23. The van der Waals surface area contributed by atoms with Crippen molar-refractivity contribution in [3.05, 3.63) is 0 Å². The molecule has 0 aliphatic heterocycles. The number of hydrogen-bond acceptors (Lipinski definition) is 2. The number of ether oxygens (including phenoxy) is 1. The molecule has 1 fully saturated rings. The summed E-state index contributed by atoms with van der Waals surface area (Å²) in [5, 5.41) is 8.56. The van der Waals surface area contributed by atoms with Crippen molar-refractivity contribution in [3.63, 3.8) is 0 Å². The average molecular weight is 144 g/mol. The van der Waals surface area contributed by atoms with Gasteiger partial charge in [0, 0.05) is 12.5 Å². The molecule has 0 bridgehead atoms. The van der Waals surface area contributed by atoms with Crippen molar-refractivity contribution < 1.29 is 14.6 Å². The van der Waals surface area contributed by atoms with Crippen LogP contribution in [0.4, 0.5) is 0 Å². The number of carbonyl (C=O) groups is 1. The molecule has 0 saturated heterocycles. The zero-order chi connectivity index (χ0) is 7.78. The molecule has 58 valence electrons. The Labute approximate surface area is 60.0 Å². The van der Waals surface area contributed by atoms with Crippen molar-refractivity contribution in [2.45, 2.75) is 13.3 Å². The van der Waals surface area contributed by atoms with Crippen LogP contribution in [-0.4, -0.2) is 24.8 Å². The molecule has 0 unspecified atom stereocenters.